The third-order valence-corrected chi connectivity index (χ3v) is 7.34. The van der Waals surface area contributed by atoms with E-state index in [1.54, 1.807) is 19.3 Å². The van der Waals surface area contributed by atoms with Crippen LogP contribution in [0.1, 0.15) is 86.0 Å². The molecule has 2 aliphatic heterocycles. The molecule has 3 unspecified atom stereocenters. The molecule has 0 aromatic heterocycles. The molecule has 0 amide bonds. The van der Waals surface area contributed by atoms with E-state index in [2.05, 4.69) is 34.6 Å². The van der Waals surface area contributed by atoms with Gasteiger partial charge < -0.3 is 4.74 Å². The number of ether oxygens (including phenoxy) is 1. The van der Waals surface area contributed by atoms with Gasteiger partial charge in [-0.3, -0.25) is 0 Å². The molecule has 23 heavy (non-hydrogen) atoms. The van der Waals surface area contributed by atoms with Crippen molar-refractivity contribution in [3.63, 3.8) is 0 Å². The Bertz CT molecular complexity index is 435. The third kappa shape index (κ3) is 3.65. The Morgan fingerprint density at radius 2 is 1.26 bits per heavy atom. The second-order valence-electron chi connectivity index (χ2n) is 11.6. The van der Waals surface area contributed by atoms with E-state index >= 15 is 0 Å². The van der Waals surface area contributed by atoms with Gasteiger partial charge in [0, 0.05) is 0 Å². The molecule has 2 saturated heterocycles. The molecule has 0 radical (unpaired) electrons. The molecular weight excluding hydrogens is 280 g/mol. The summed E-state index contributed by atoms with van der Waals surface area (Å²) in [6.45, 7) is 12.2. The Hall–Kier alpha value is -0.0400. The fourth-order valence-corrected chi connectivity index (χ4v) is 6.64. The number of rotatable bonds is 5. The van der Waals surface area contributed by atoms with Crippen molar-refractivity contribution in [1.82, 2.24) is 0 Å². The molecule has 0 N–H and O–H groups in total. The summed E-state index contributed by atoms with van der Waals surface area (Å²) in [5.74, 6) is 5.00. The van der Waals surface area contributed by atoms with Crippen molar-refractivity contribution >= 4 is 0 Å². The largest absolute Gasteiger partial charge is 0.374 e. The highest BCUT2D eigenvalue weighted by molar-refractivity contribution is 5.00. The maximum absolute atomic E-state index is 6.38. The normalized spacial score (nSPS) is 45.5. The Morgan fingerprint density at radius 1 is 0.696 bits per heavy atom. The van der Waals surface area contributed by atoms with Crippen molar-refractivity contribution in [3.8, 4) is 0 Å². The maximum atomic E-state index is 6.38. The molecular formula is C22H38O. The average molecular weight is 319 g/mol. The fourth-order valence-electron chi connectivity index (χ4n) is 6.64. The smallest absolute Gasteiger partial charge is 0.0611 e. The minimum atomic E-state index is 0.455. The minimum Gasteiger partial charge on any atom is -0.374 e. The van der Waals surface area contributed by atoms with Gasteiger partial charge in [0.25, 0.3) is 0 Å². The van der Waals surface area contributed by atoms with Crippen LogP contribution in [0.2, 0.25) is 0 Å². The van der Waals surface area contributed by atoms with Crippen molar-refractivity contribution < 1.29 is 4.74 Å². The zero-order chi connectivity index (χ0) is 16.4. The predicted octanol–water partition coefficient (Wildman–Crippen LogP) is 6.07. The van der Waals surface area contributed by atoms with E-state index in [9.17, 15) is 0 Å². The summed E-state index contributed by atoms with van der Waals surface area (Å²) >= 11 is 0. The van der Waals surface area contributed by atoms with Gasteiger partial charge in [-0.25, -0.2) is 0 Å². The van der Waals surface area contributed by atoms with Crippen LogP contribution in [0.15, 0.2) is 0 Å². The average Bonchev–Trinajstić information content (AvgIpc) is 2.73. The van der Waals surface area contributed by atoms with Crippen LogP contribution < -0.4 is 0 Å². The Balaban J connectivity index is 1.27. The molecule has 6 atom stereocenters. The summed E-state index contributed by atoms with van der Waals surface area (Å²) in [6, 6.07) is 0. The molecule has 2 bridgehead atoms. The summed E-state index contributed by atoms with van der Waals surface area (Å²) in [5.41, 5.74) is 0.982. The first-order valence-corrected chi connectivity index (χ1v) is 10.3. The summed E-state index contributed by atoms with van der Waals surface area (Å²) in [6.07, 6.45) is 12.7. The van der Waals surface area contributed by atoms with E-state index in [4.69, 9.17) is 4.74 Å². The first-order valence-electron chi connectivity index (χ1n) is 10.3. The van der Waals surface area contributed by atoms with Gasteiger partial charge in [0.15, 0.2) is 0 Å². The molecule has 2 saturated carbocycles. The van der Waals surface area contributed by atoms with Gasteiger partial charge in [-0.15, -0.1) is 0 Å². The van der Waals surface area contributed by atoms with Gasteiger partial charge in [0.1, 0.15) is 0 Å². The minimum absolute atomic E-state index is 0.455. The van der Waals surface area contributed by atoms with Crippen LogP contribution in [-0.4, -0.2) is 12.2 Å². The highest BCUT2D eigenvalue weighted by Gasteiger charge is 2.50. The van der Waals surface area contributed by atoms with Gasteiger partial charge in [0.05, 0.1) is 12.2 Å². The number of fused-ring (bicyclic) bond motifs is 3. The van der Waals surface area contributed by atoms with Gasteiger partial charge in [-0.05, 0) is 91.8 Å². The van der Waals surface area contributed by atoms with E-state index in [1.807, 2.05) is 0 Å². The van der Waals surface area contributed by atoms with E-state index in [0.29, 0.717) is 23.0 Å². The molecule has 1 nitrogen and oxygen atoms in total. The van der Waals surface area contributed by atoms with Crippen LogP contribution in [-0.2, 0) is 4.74 Å². The summed E-state index contributed by atoms with van der Waals surface area (Å²) in [4.78, 5) is 0. The maximum Gasteiger partial charge on any atom is 0.0611 e. The SMILES string of the molecule is CC(C)(C)C[C@H]1C[C@@H]2O[C@H]1CC2CC(C)(C)CC1CC2CC2C1. The van der Waals surface area contributed by atoms with Crippen LogP contribution in [0.5, 0.6) is 0 Å². The van der Waals surface area contributed by atoms with Gasteiger partial charge >= 0.3 is 0 Å². The Labute approximate surface area is 143 Å². The van der Waals surface area contributed by atoms with Crippen LogP contribution in [0.3, 0.4) is 0 Å². The van der Waals surface area contributed by atoms with Gasteiger partial charge in [-0.2, -0.15) is 0 Å². The monoisotopic (exact) mass is 318 g/mol. The third-order valence-electron chi connectivity index (χ3n) is 7.34. The second kappa shape index (κ2) is 5.48. The van der Waals surface area contributed by atoms with E-state index < -0.39 is 0 Å². The summed E-state index contributed by atoms with van der Waals surface area (Å²) in [7, 11) is 0. The van der Waals surface area contributed by atoms with Crippen LogP contribution in [0, 0.1) is 40.4 Å². The highest BCUT2D eigenvalue weighted by atomic mass is 16.5. The van der Waals surface area contributed by atoms with E-state index in [0.717, 1.165) is 29.6 Å². The molecule has 2 heterocycles. The predicted molar refractivity (Wildman–Crippen MR) is 96.3 cm³/mol. The van der Waals surface area contributed by atoms with Crippen molar-refractivity contribution in [1.29, 1.82) is 0 Å². The first-order chi connectivity index (χ1) is 10.7. The lowest BCUT2D eigenvalue weighted by atomic mass is 9.68. The van der Waals surface area contributed by atoms with E-state index in [1.165, 1.54) is 32.1 Å². The summed E-state index contributed by atoms with van der Waals surface area (Å²) < 4.78 is 6.38. The number of hydrogen-bond acceptors (Lipinski definition) is 1. The molecule has 132 valence electrons. The number of hydrogen-bond donors (Lipinski definition) is 0. The highest BCUT2D eigenvalue weighted by Crippen LogP contribution is 2.57. The lowest BCUT2D eigenvalue weighted by molar-refractivity contribution is 0.0722. The Morgan fingerprint density at radius 3 is 1.78 bits per heavy atom. The molecule has 0 aromatic rings. The first kappa shape index (κ1) is 16.4. The van der Waals surface area contributed by atoms with Crippen molar-refractivity contribution in [2.45, 2.75) is 98.2 Å². The van der Waals surface area contributed by atoms with Crippen LogP contribution in [0.4, 0.5) is 0 Å². The van der Waals surface area contributed by atoms with Crippen molar-refractivity contribution in [2.75, 3.05) is 0 Å². The van der Waals surface area contributed by atoms with Crippen molar-refractivity contribution in [2.24, 2.45) is 40.4 Å². The molecule has 0 aromatic carbocycles. The van der Waals surface area contributed by atoms with E-state index in [-0.39, 0.29) is 0 Å². The molecule has 4 fully saturated rings. The van der Waals surface area contributed by atoms with Gasteiger partial charge in [-0.1, -0.05) is 34.6 Å². The summed E-state index contributed by atoms with van der Waals surface area (Å²) in [5, 5.41) is 0. The van der Waals surface area contributed by atoms with Gasteiger partial charge in [0.2, 0.25) is 0 Å². The van der Waals surface area contributed by atoms with Crippen LogP contribution >= 0.6 is 0 Å². The zero-order valence-corrected chi connectivity index (χ0v) is 16.1. The topological polar surface area (TPSA) is 9.23 Å². The lowest BCUT2D eigenvalue weighted by Gasteiger charge is -2.35. The standard InChI is InChI=1S/C22H38O/c1-21(2,3)12-17-9-20-18(10-19(17)23-20)13-22(4,5)11-14-6-15-8-16(15)7-14/h14-20H,6-13H2,1-5H3/t14?,15?,16?,17-,18?,19+,20+/m1/s1. The molecule has 1 heteroatoms. The molecule has 0 spiro atoms. The van der Waals surface area contributed by atoms with Crippen LogP contribution in [0.25, 0.3) is 0 Å². The lowest BCUT2D eigenvalue weighted by Crippen LogP contribution is -2.30. The van der Waals surface area contributed by atoms with Crippen molar-refractivity contribution in [3.05, 3.63) is 0 Å². The zero-order valence-electron chi connectivity index (χ0n) is 16.1. The quantitative estimate of drug-likeness (QED) is 0.598. The molecule has 4 aliphatic rings. The Kier molecular flexibility index (Phi) is 3.91. The second-order valence-corrected chi connectivity index (χ2v) is 11.6. The fraction of sp³-hybridized carbons (Fsp3) is 1.00. The molecule has 4 rings (SSSR count). The molecule has 2 aliphatic carbocycles.